The van der Waals surface area contributed by atoms with Crippen LogP contribution in [0.2, 0.25) is 0 Å². The van der Waals surface area contributed by atoms with Gasteiger partial charge in [0.1, 0.15) is 29.1 Å². The molecule has 2 aromatic heterocycles. The molecule has 0 spiro atoms. The first-order valence-electron chi connectivity index (χ1n) is 9.38. The zero-order valence-corrected chi connectivity index (χ0v) is 16.5. The van der Waals surface area contributed by atoms with Crippen molar-refractivity contribution in [3.8, 4) is 5.75 Å². The van der Waals surface area contributed by atoms with E-state index in [-0.39, 0.29) is 17.9 Å². The van der Waals surface area contributed by atoms with Crippen LogP contribution in [0.3, 0.4) is 0 Å². The van der Waals surface area contributed by atoms with Crippen LogP contribution in [0.4, 0.5) is 0 Å². The van der Waals surface area contributed by atoms with Gasteiger partial charge in [0, 0.05) is 11.8 Å². The molecular weight excluding hydrogens is 384 g/mol. The van der Waals surface area contributed by atoms with Crippen LogP contribution in [0.1, 0.15) is 28.8 Å². The number of likely N-dealkylation sites (tertiary alicyclic amines) is 1. The first kappa shape index (κ1) is 19.4. The molecule has 1 saturated heterocycles. The van der Waals surface area contributed by atoms with E-state index >= 15 is 0 Å². The van der Waals surface area contributed by atoms with Gasteiger partial charge in [-0.1, -0.05) is 18.2 Å². The number of hydrogen-bond acceptors (Lipinski definition) is 6. The first-order chi connectivity index (χ1) is 14.5. The largest absolute Gasteiger partial charge is 0.507 e. The number of furan rings is 1. The van der Waals surface area contributed by atoms with Crippen LogP contribution in [0, 0.1) is 6.92 Å². The van der Waals surface area contributed by atoms with Crippen molar-refractivity contribution >= 4 is 17.4 Å². The average Bonchev–Trinajstić information content (AvgIpc) is 3.30. The summed E-state index contributed by atoms with van der Waals surface area (Å²) in [5.41, 5.74) is 0.964. The Balaban J connectivity index is 1.85. The average molecular weight is 404 g/mol. The lowest BCUT2D eigenvalue weighted by molar-refractivity contribution is -0.140. The molecule has 0 radical (unpaired) electrons. The third kappa shape index (κ3) is 3.45. The van der Waals surface area contributed by atoms with Gasteiger partial charge in [0.2, 0.25) is 0 Å². The van der Waals surface area contributed by atoms with Gasteiger partial charge in [-0.25, -0.2) is 0 Å². The molecule has 0 saturated carbocycles. The SMILES string of the molecule is COc1cccc(/C(O)=C2/C(=O)C(=O)N(Cc3ccccn3)C2c2ccc(C)o2)c1. The van der Waals surface area contributed by atoms with E-state index in [1.165, 1.54) is 12.0 Å². The van der Waals surface area contributed by atoms with Gasteiger partial charge < -0.3 is 19.2 Å². The summed E-state index contributed by atoms with van der Waals surface area (Å²) >= 11 is 0. The lowest BCUT2D eigenvalue weighted by Crippen LogP contribution is -2.29. The minimum absolute atomic E-state index is 0.0291. The number of pyridine rings is 1. The highest BCUT2D eigenvalue weighted by Gasteiger charge is 2.47. The Labute approximate surface area is 173 Å². The van der Waals surface area contributed by atoms with E-state index in [2.05, 4.69) is 4.98 Å². The third-order valence-electron chi connectivity index (χ3n) is 4.97. The summed E-state index contributed by atoms with van der Waals surface area (Å²) in [5, 5.41) is 11.0. The minimum Gasteiger partial charge on any atom is -0.507 e. The molecule has 3 aromatic rings. The van der Waals surface area contributed by atoms with Crippen molar-refractivity contribution in [2.75, 3.05) is 7.11 Å². The quantitative estimate of drug-likeness (QED) is 0.397. The van der Waals surface area contributed by atoms with Crippen molar-refractivity contribution in [1.29, 1.82) is 0 Å². The second-order valence-corrected chi connectivity index (χ2v) is 6.93. The van der Waals surface area contributed by atoms with Crippen molar-refractivity contribution in [2.24, 2.45) is 0 Å². The van der Waals surface area contributed by atoms with Crippen LogP contribution in [0.15, 0.2) is 70.8 Å². The van der Waals surface area contributed by atoms with E-state index in [1.807, 2.05) is 0 Å². The summed E-state index contributed by atoms with van der Waals surface area (Å²) < 4.78 is 11.0. The molecule has 1 aromatic carbocycles. The smallest absolute Gasteiger partial charge is 0.296 e. The second kappa shape index (κ2) is 7.87. The number of amides is 1. The maximum atomic E-state index is 13.0. The fraction of sp³-hybridized carbons (Fsp3) is 0.174. The Hall–Kier alpha value is -3.87. The number of aliphatic hydroxyl groups is 1. The Morgan fingerprint density at radius 3 is 2.67 bits per heavy atom. The predicted octanol–water partition coefficient (Wildman–Crippen LogP) is 3.61. The van der Waals surface area contributed by atoms with Crippen molar-refractivity contribution in [2.45, 2.75) is 19.5 Å². The van der Waals surface area contributed by atoms with Crippen molar-refractivity contribution in [3.63, 3.8) is 0 Å². The Kier molecular flexibility index (Phi) is 5.10. The number of aromatic nitrogens is 1. The van der Waals surface area contributed by atoms with E-state index in [4.69, 9.17) is 9.15 Å². The van der Waals surface area contributed by atoms with Crippen LogP contribution in [0.25, 0.3) is 5.76 Å². The fourth-order valence-corrected chi connectivity index (χ4v) is 3.53. The molecule has 7 heteroatoms. The van der Waals surface area contributed by atoms with Gasteiger partial charge in [-0.3, -0.25) is 14.6 Å². The summed E-state index contributed by atoms with van der Waals surface area (Å²) in [7, 11) is 1.51. The second-order valence-electron chi connectivity index (χ2n) is 6.93. The molecule has 1 atom stereocenters. The zero-order chi connectivity index (χ0) is 21.3. The van der Waals surface area contributed by atoms with Gasteiger partial charge in [-0.2, -0.15) is 0 Å². The lowest BCUT2D eigenvalue weighted by atomic mass is 9.99. The molecule has 152 valence electrons. The number of ether oxygens (including phenoxy) is 1. The van der Waals surface area contributed by atoms with Crippen LogP contribution < -0.4 is 4.74 Å². The predicted molar refractivity (Wildman–Crippen MR) is 109 cm³/mol. The number of carbonyl (C=O) groups is 2. The fourth-order valence-electron chi connectivity index (χ4n) is 3.53. The number of Topliss-reactive ketones (excluding diaryl/α,β-unsaturated/α-hetero) is 1. The number of methoxy groups -OCH3 is 1. The van der Waals surface area contributed by atoms with Crippen LogP contribution in [-0.4, -0.2) is 33.8 Å². The number of benzene rings is 1. The Morgan fingerprint density at radius 1 is 1.17 bits per heavy atom. The molecule has 0 aliphatic carbocycles. The third-order valence-corrected chi connectivity index (χ3v) is 4.97. The summed E-state index contributed by atoms with van der Waals surface area (Å²) in [6.45, 7) is 1.88. The number of aryl methyl sites for hydroxylation is 1. The Bertz CT molecular complexity index is 1130. The first-order valence-corrected chi connectivity index (χ1v) is 9.38. The molecule has 1 aliphatic rings. The van der Waals surface area contributed by atoms with Gasteiger partial charge in [-0.05, 0) is 43.3 Å². The maximum absolute atomic E-state index is 13.0. The molecular formula is C23H20N2O5. The molecule has 1 amide bonds. The van der Waals surface area contributed by atoms with E-state index in [0.29, 0.717) is 28.5 Å². The summed E-state index contributed by atoms with van der Waals surface area (Å²) in [6.07, 6.45) is 1.62. The number of aliphatic hydroxyl groups excluding tert-OH is 1. The van der Waals surface area contributed by atoms with E-state index in [0.717, 1.165) is 0 Å². The molecule has 1 fully saturated rings. The molecule has 1 unspecified atom stereocenters. The Morgan fingerprint density at radius 2 is 2.00 bits per heavy atom. The number of ketones is 1. The van der Waals surface area contributed by atoms with Crippen molar-refractivity contribution in [1.82, 2.24) is 9.88 Å². The number of rotatable bonds is 5. The molecule has 7 nitrogen and oxygen atoms in total. The molecule has 4 rings (SSSR count). The molecule has 3 heterocycles. The monoisotopic (exact) mass is 404 g/mol. The van der Waals surface area contributed by atoms with E-state index in [9.17, 15) is 14.7 Å². The van der Waals surface area contributed by atoms with Crippen LogP contribution in [0.5, 0.6) is 5.75 Å². The van der Waals surface area contributed by atoms with E-state index < -0.39 is 17.7 Å². The van der Waals surface area contributed by atoms with Gasteiger partial charge in [0.15, 0.2) is 0 Å². The van der Waals surface area contributed by atoms with Crippen molar-refractivity contribution < 1.29 is 23.8 Å². The molecule has 1 N–H and O–H groups in total. The minimum atomic E-state index is -0.869. The number of nitrogens with zero attached hydrogens (tertiary/aromatic N) is 2. The van der Waals surface area contributed by atoms with Gasteiger partial charge in [0.05, 0.1) is 24.9 Å². The van der Waals surface area contributed by atoms with E-state index in [1.54, 1.807) is 67.7 Å². The highest BCUT2D eigenvalue weighted by Crippen LogP contribution is 2.41. The van der Waals surface area contributed by atoms with Gasteiger partial charge in [-0.15, -0.1) is 0 Å². The van der Waals surface area contributed by atoms with Crippen LogP contribution >= 0.6 is 0 Å². The topological polar surface area (TPSA) is 92.9 Å². The molecule has 30 heavy (non-hydrogen) atoms. The highest BCUT2D eigenvalue weighted by molar-refractivity contribution is 6.46. The molecule has 0 bridgehead atoms. The number of hydrogen-bond donors (Lipinski definition) is 1. The van der Waals surface area contributed by atoms with Crippen molar-refractivity contribution in [3.05, 3.63) is 89.1 Å². The summed E-state index contributed by atoms with van der Waals surface area (Å²) in [5.74, 6) is -0.224. The highest BCUT2D eigenvalue weighted by atomic mass is 16.5. The van der Waals surface area contributed by atoms with Gasteiger partial charge in [0.25, 0.3) is 11.7 Å². The summed E-state index contributed by atoms with van der Waals surface area (Å²) in [4.78, 5) is 31.5. The zero-order valence-electron chi connectivity index (χ0n) is 16.5. The van der Waals surface area contributed by atoms with Crippen LogP contribution in [-0.2, 0) is 16.1 Å². The standard InChI is InChI=1S/C23H20N2O5/c1-14-9-10-18(30-14)20-19(21(26)15-6-5-8-17(12-15)29-2)22(27)23(28)25(20)13-16-7-3-4-11-24-16/h3-12,20,26H,13H2,1-2H3/b21-19-. The maximum Gasteiger partial charge on any atom is 0.296 e. The summed E-state index contributed by atoms with van der Waals surface area (Å²) in [6, 6.07) is 14.6. The van der Waals surface area contributed by atoms with Gasteiger partial charge >= 0.3 is 0 Å². The number of carbonyl (C=O) groups excluding carboxylic acids is 2. The normalized spacial score (nSPS) is 18.1. The molecule has 1 aliphatic heterocycles. The lowest BCUT2D eigenvalue weighted by Gasteiger charge is -2.23.